The van der Waals surface area contributed by atoms with E-state index in [1.165, 1.54) is 0 Å². The third kappa shape index (κ3) is 2.25. The van der Waals surface area contributed by atoms with Crippen LogP contribution in [0.2, 0.25) is 0 Å². The normalized spacial score (nSPS) is 24.9. The van der Waals surface area contributed by atoms with Gasteiger partial charge in [-0.3, -0.25) is 9.69 Å². The number of nitrogens with zero attached hydrogens (tertiary/aromatic N) is 1. The van der Waals surface area contributed by atoms with Gasteiger partial charge in [0.05, 0.1) is 6.10 Å². The van der Waals surface area contributed by atoms with Crippen molar-refractivity contribution in [2.24, 2.45) is 0 Å². The van der Waals surface area contributed by atoms with E-state index in [9.17, 15) is 4.79 Å². The second kappa shape index (κ2) is 3.80. The first-order chi connectivity index (χ1) is 5.24. The van der Waals surface area contributed by atoms with Gasteiger partial charge in [-0.2, -0.15) is 0 Å². The molecule has 1 aliphatic rings. The van der Waals surface area contributed by atoms with Gasteiger partial charge in [-0.15, -0.1) is 0 Å². The van der Waals surface area contributed by atoms with Crippen LogP contribution < -0.4 is 0 Å². The molecular weight excluding hydrogens is 146 g/mol. The molecule has 1 rings (SSSR count). The first kappa shape index (κ1) is 8.64. The Kier molecular flexibility index (Phi) is 2.99. The number of piperidine rings is 1. The van der Waals surface area contributed by atoms with Crippen LogP contribution in [-0.2, 0) is 4.79 Å². The second-order valence-corrected chi connectivity index (χ2v) is 2.82. The van der Waals surface area contributed by atoms with Crippen LogP contribution in [0.1, 0.15) is 12.8 Å². The zero-order valence-electron chi connectivity index (χ0n) is 6.31. The average molecular weight is 159 g/mol. The maximum atomic E-state index is 10.1. The topological polar surface area (TPSA) is 60.8 Å². The molecule has 11 heavy (non-hydrogen) atoms. The zero-order chi connectivity index (χ0) is 8.27. The maximum Gasteiger partial charge on any atom is 0.163 e. The Labute approximate surface area is 65.4 Å². The van der Waals surface area contributed by atoms with E-state index in [2.05, 4.69) is 0 Å². The molecule has 64 valence electrons. The van der Waals surface area contributed by atoms with Gasteiger partial charge in [0.2, 0.25) is 0 Å². The highest BCUT2D eigenvalue weighted by atomic mass is 16.3. The van der Waals surface area contributed by atoms with E-state index in [0.717, 1.165) is 0 Å². The summed E-state index contributed by atoms with van der Waals surface area (Å²) in [4.78, 5) is 11.8. The summed E-state index contributed by atoms with van der Waals surface area (Å²) < 4.78 is 0. The molecule has 0 bridgehead atoms. The molecule has 1 unspecified atom stereocenters. The third-order valence-corrected chi connectivity index (χ3v) is 1.99. The van der Waals surface area contributed by atoms with Gasteiger partial charge in [0.1, 0.15) is 0 Å². The Bertz CT molecular complexity index is 132. The van der Waals surface area contributed by atoms with Crippen LogP contribution >= 0.6 is 0 Å². The molecule has 4 nitrogen and oxygen atoms in total. The predicted octanol–water partition coefficient (Wildman–Crippen LogP) is -1.04. The second-order valence-electron chi connectivity index (χ2n) is 2.82. The van der Waals surface area contributed by atoms with E-state index in [0.29, 0.717) is 32.2 Å². The van der Waals surface area contributed by atoms with Gasteiger partial charge in [-0.05, 0) is 12.8 Å². The monoisotopic (exact) mass is 159 g/mol. The van der Waals surface area contributed by atoms with Crippen LogP contribution in [-0.4, -0.2) is 46.8 Å². The summed E-state index contributed by atoms with van der Waals surface area (Å²) in [6, 6.07) is 0. The Balaban J connectivity index is 2.32. The number of likely N-dealkylation sites (tertiary alicyclic amines) is 1. The highest BCUT2D eigenvalue weighted by Gasteiger charge is 2.21. The van der Waals surface area contributed by atoms with E-state index in [1.54, 1.807) is 4.90 Å². The van der Waals surface area contributed by atoms with E-state index in [-0.39, 0.29) is 6.10 Å². The van der Waals surface area contributed by atoms with Gasteiger partial charge in [-0.1, -0.05) is 0 Å². The van der Waals surface area contributed by atoms with Crippen LogP contribution in [0.5, 0.6) is 0 Å². The molecule has 0 saturated carbocycles. The molecule has 1 aliphatic heterocycles. The number of rotatable bonds is 2. The van der Waals surface area contributed by atoms with Crippen molar-refractivity contribution in [1.82, 2.24) is 4.90 Å². The van der Waals surface area contributed by atoms with Crippen molar-refractivity contribution < 1.29 is 15.0 Å². The standard InChI is InChI=1S/C7H13NO3/c9-5-7(11)8-3-1-6(10)2-4-8/h5-7,10-11H,1-4H2. The Hall–Kier alpha value is -0.450. The van der Waals surface area contributed by atoms with E-state index >= 15 is 0 Å². The van der Waals surface area contributed by atoms with E-state index < -0.39 is 6.23 Å². The first-order valence-electron chi connectivity index (χ1n) is 3.79. The molecule has 0 aliphatic carbocycles. The van der Waals surface area contributed by atoms with Crippen LogP contribution in [0.3, 0.4) is 0 Å². The van der Waals surface area contributed by atoms with Crippen molar-refractivity contribution in [1.29, 1.82) is 0 Å². The van der Waals surface area contributed by atoms with Crippen molar-refractivity contribution in [3.05, 3.63) is 0 Å². The van der Waals surface area contributed by atoms with E-state index in [4.69, 9.17) is 10.2 Å². The summed E-state index contributed by atoms with van der Waals surface area (Å²) in [5.41, 5.74) is 0. The van der Waals surface area contributed by atoms with Crippen molar-refractivity contribution in [3.63, 3.8) is 0 Å². The summed E-state index contributed by atoms with van der Waals surface area (Å²) in [5.74, 6) is 0. The van der Waals surface area contributed by atoms with E-state index in [1.807, 2.05) is 0 Å². The van der Waals surface area contributed by atoms with Gasteiger partial charge in [-0.25, -0.2) is 0 Å². The fourth-order valence-electron chi connectivity index (χ4n) is 1.24. The summed E-state index contributed by atoms with van der Waals surface area (Å²) in [6.07, 6.45) is 0.556. The molecule has 1 saturated heterocycles. The summed E-state index contributed by atoms with van der Waals surface area (Å²) in [7, 11) is 0. The van der Waals surface area contributed by atoms with Crippen molar-refractivity contribution in [2.75, 3.05) is 13.1 Å². The number of aliphatic hydroxyl groups excluding tert-OH is 2. The Morgan fingerprint density at radius 2 is 2.00 bits per heavy atom. The quantitative estimate of drug-likeness (QED) is 0.505. The molecule has 0 aromatic rings. The number of aldehydes is 1. The SMILES string of the molecule is O=CC(O)N1CCC(O)CC1. The lowest BCUT2D eigenvalue weighted by molar-refractivity contribution is -0.126. The Morgan fingerprint density at radius 3 is 2.45 bits per heavy atom. The van der Waals surface area contributed by atoms with Gasteiger partial charge in [0.25, 0.3) is 0 Å². The number of hydrogen-bond acceptors (Lipinski definition) is 4. The molecule has 2 N–H and O–H groups in total. The van der Waals surface area contributed by atoms with Crippen molar-refractivity contribution in [2.45, 2.75) is 25.2 Å². The fraction of sp³-hybridized carbons (Fsp3) is 0.857. The van der Waals surface area contributed by atoms with Gasteiger partial charge in [0, 0.05) is 13.1 Å². The minimum Gasteiger partial charge on any atom is -0.393 e. The minimum atomic E-state index is -0.984. The highest BCUT2D eigenvalue weighted by Crippen LogP contribution is 2.10. The molecule has 1 atom stereocenters. The zero-order valence-corrected chi connectivity index (χ0v) is 6.31. The van der Waals surface area contributed by atoms with Gasteiger partial charge >= 0.3 is 0 Å². The third-order valence-electron chi connectivity index (χ3n) is 1.99. The van der Waals surface area contributed by atoms with Gasteiger partial charge in [0.15, 0.2) is 12.5 Å². The molecule has 1 heterocycles. The summed E-state index contributed by atoms with van der Waals surface area (Å²) in [6.45, 7) is 1.20. The average Bonchev–Trinajstić information content (AvgIpc) is 2.05. The first-order valence-corrected chi connectivity index (χ1v) is 3.79. The molecule has 0 aromatic heterocycles. The largest absolute Gasteiger partial charge is 0.393 e. The summed E-state index contributed by atoms with van der Waals surface area (Å²) in [5, 5.41) is 18.1. The van der Waals surface area contributed by atoms with Crippen LogP contribution in [0.4, 0.5) is 0 Å². The summed E-state index contributed by atoms with van der Waals surface area (Å²) >= 11 is 0. The molecule has 4 heteroatoms. The fourth-order valence-corrected chi connectivity index (χ4v) is 1.24. The molecule has 0 aromatic carbocycles. The lowest BCUT2D eigenvalue weighted by Crippen LogP contribution is -2.43. The molecular formula is C7H13NO3. The molecule has 0 radical (unpaired) electrons. The minimum absolute atomic E-state index is 0.259. The molecule has 1 fully saturated rings. The Morgan fingerprint density at radius 1 is 1.45 bits per heavy atom. The number of carbonyl (C=O) groups excluding carboxylic acids is 1. The van der Waals surface area contributed by atoms with Crippen molar-refractivity contribution in [3.8, 4) is 0 Å². The highest BCUT2D eigenvalue weighted by molar-refractivity contribution is 5.54. The van der Waals surface area contributed by atoms with Crippen LogP contribution in [0.15, 0.2) is 0 Å². The maximum absolute atomic E-state index is 10.1. The van der Waals surface area contributed by atoms with Crippen LogP contribution in [0.25, 0.3) is 0 Å². The van der Waals surface area contributed by atoms with Crippen molar-refractivity contribution >= 4 is 6.29 Å². The molecule has 0 amide bonds. The van der Waals surface area contributed by atoms with Crippen LogP contribution in [0, 0.1) is 0 Å². The molecule has 0 spiro atoms. The predicted molar refractivity (Wildman–Crippen MR) is 38.9 cm³/mol. The lowest BCUT2D eigenvalue weighted by Gasteiger charge is -2.30. The smallest absolute Gasteiger partial charge is 0.163 e. The lowest BCUT2D eigenvalue weighted by atomic mass is 10.1. The number of hydrogen-bond donors (Lipinski definition) is 2. The number of aliphatic hydroxyl groups is 2. The van der Waals surface area contributed by atoms with Gasteiger partial charge < -0.3 is 10.2 Å². The number of carbonyl (C=O) groups is 1.